The van der Waals surface area contributed by atoms with E-state index < -0.39 is 0 Å². The fourth-order valence-corrected chi connectivity index (χ4v) is 2.54. The van der Waals surface area contributed by atoms with Gasteiger partial charge in [0.05, 0.1) is 0 Å². The van der Waals surface area contributed by atoms with E-state index in [-0.39, 0.29) is 0 Å². The lowest BCUT2D eigenvalue weighted by Crippen LogP contribution is -2.37. The van der Waals surface area contributed by atoms with E-state index in [4.69, 9.17) is 0 Å². The van der Waals surface area contributed by atoms with Crippen LogP contribution in [0.2, 0.25) is 0 Å². The average molecular weight is 303 g/mol. The summed E-state index contributed by atoms with van der Waals surface area (Å²) in [5.41, 5.74) is 1.18. The van der Waals surface area contributed by atoms with Crippen LogP contribution in [-0.2, 0) is 6.54 Å². The number of rotatable bonds is 6. The summed E-state index contributed by atoms with van der Waals surface area (Å²) in [7, 11) is 1.80. The minimum Gasteiger partial charge on any atom is -0.357 e. The Bertz CT molecular complexity index is 460. The van der Waals surface area contributed by atoms with Gasteiger partial charge in [0.2, 0.25) is 0 Å². The monoisotopic (exact) mass is 303 g/mol. The van der Waals surface area contributed by atoms with E-state index in [2.05, 4.69) is 51.5 Å². The van der Waals surface area contributed by atoms with Crippen LogP contribution in [0.4, 0.5) is 5.82 Å². The third-order valence-electron chi connectivity index (χ3n) is 3.94. The summed E-state index contributed by atoms with van der Waals surface area (Å²) in [5, 5.41) is 6.67. The van der Waals surface area contributed by atoms with Gasteiger partial charge in [-0.1, -0.05) is 19.9 Å². The van der Waals surface area contributed by atoms with E-state index in [1.807, 2.05) is 6.20 Å². The molecule has 1 aliphatic rings. The second-order valence-electron chi connectivity index (χ2n) is 6.25. The zero-order chi connectivity index (χ0) is 15.8. The lowest BCUT2D eigenvalue weighted by Gasteiger charge is -2.16. The molecular formula is C17H29N5. The van der Waals surface area contributed by atoms with Crippen molar-refractivity contribution in [2.75, 3.05) is 31.6 Å². The van der Waals surface area contributed by atoms with Gasteiger partial charge in [-0.3, -0.25) is 4.99 Å². The Balaban J connectivity index is 1.77. The second-order valence-corrected chi connectivity index (χ2v) is 6.25. The molecular weight excluding hydrogens is 274 g/mol. The number of nitrogens with zero attached hydrogens (tertiary/aromatic N) is 3. The summed E-state index contributed by atoms with van der Waals surface area (Å²) in [6.07, 6.45) is 5.67. The van der Waals surface area contributed by atoms with Gasteiger partial charge in [0, 0.05) is 39.4 Å². The molecule has 0 aliphatic carbocycles. The Hall–Kier alpha value is -1.78. The number of anilines is 1. The zero-order valence-electron chi connectivity index (χ0n) is 14.1. The van der Waals surface area contributed by atoms with Crippen molar-refractivity contribution in [2.24, 2.45) is 10.9 Å². The molecule has 0 unspecified atom stereocenters. The normalized spacial score (nSPS) is 15.5. The molecule has 5 heteroatoms. The second kappa shape index (κ2) is 8.61. The molecule has 0 amide bonds. The molecule has 1 aliphatic heterocycles. The van der Waals surface area contributed by atoms with Gasteiger partial charge in [0.25, 0.3) is 0 Å². The summed E-state index contributed by atoms with van der Waals surface area (Å²) in [6, 6.07) is 4.27. The SMILES string of the molecule is CN=C(NCCC(C)C)NCc1ccc(N2CCCC2)nc1. The van der Waals surface area contributed by atoms with Crippen LogP contribution in [-0.4, -0.2) is 37.6 Å². The van der Waals surface area contributed by atoms with Crippen LogP contribution in [0.1, 0.15) is 38.7 Å². The zero-order valence-corrected chi connectivity index (χ0v) is 14.1. The number of nitrogens with one attached hydrogen (secondary N) is 2. The Morgan fingerprint density at radius 3 is 2.64 bits per heavy atom. The lowest BCUT2D eigenvalue weighted by molar-refractivity contribution is 0.573. The topological polar surface area (TPSA) is 52.6 Å². The summed E-state index contributed by atoms with van der Waals surface area (Å²) < 4.78 is 0. The Morgan fingerprint density at radius 1 is 1.27 bits per heavy atom. The predicted molar refractivity (Wildman–Crippen MR) is 93.3 cm³/mol. The summed E-state index contributed by atoms with van der Waals surface area (Å²) in [6.45, 7) is 8.42. The maximum atomic E-state index is 4.58. The van der Waals surface area contributed by atoms with Crippen molar-refractivity contribution >= 4 is 11.8 Å². The Kier molecular flexibility index (Phi) is 6.49. The van der Waals surface area contributed by atoms with Gasteiger partial charge in [-0.15, -0.1) is 0 Å². The molecule has 122 valence electrons. The quantitative estimate of drug-likeness (QED) is 0.626. The third-order valence-corrected chi connectivity index (χ3v) is 3.94. The predicted octanol–water partition coefficient (Wildman–Crippen LogP) is 2.39. The van der Waals surface area contributed by atoms with Crippen LogP contribution in [0.3, 0.4) is 0 Å². The van der Waals surface area contributed by atoms with E-state index in [0.29, 0.717) is 5.92 Å². The van der Waals surface area contributed by atoms with Gasteiger partial charge < -0.3 is 15.5 Å². The van der Waals surface area contributed by atoms with Crippen molar-refractivity contribution in [1.82, 2.24) is 15.6 Å². The fourth-order valence-electron chi connectivity index (χ4n) is 2.54. The van der Waals surface area contributed by atoms with Crippen molar-refractivity contribution in [3.8, 4) is 0 Å². The highest BCUT2D eigenvalue weighted by atomic mass is 15.2. The standard InChI is InChI=1S/C17H29N5/c1-14(2)8-9-19-17(18-3)21-13-15-6-7-16(20-12-15)22-10-4-5-11-22/h6-7,12,14H,4-5,8-11,13H2,1-3H3,(H2,18,19,21). The molecule has 1 aromatic rings. The molecule has 22 heavy (non-hydrogen) atoms. The minimum absolute atomic E-state index is 0.702. The van der Waals surface area contributed by atoms with Crippen LogP contribution in [0, 0.1) is 5.92 Å². The van der Waals surface area contributed by atoms with E-state index in [1.54, 1.807) is 7.05 Å². The summed E-state index contributed by atoms with van der Waals surface area (Å²) in [5.74, 6) is 2.65. The first kappa shape index (κ1) is 16.6. The Morgan fingerprint density at radius 2 is 2.05 bits per heavy atom. The summed E-state index contributed by atoms with van der Waals surface area (Å²) in [4.78, 5) is 11.2. The molecule has 1 saturated heterocycles. The number of guanidine groups is 1. The van der Waals surface area contributed by atoms with Crippen molar-refractivity contribution < 1.29 is 0 Å². The van der Waals surface area contributed by atoms with Crippen molar-refractivity contribution in [1.29, 1.82) is 0 Å². The molecule has 0 atom stereocenters. The molecule has 1 fully saturated rings. The van der Waals surface area contributed by atoms with Crippen LogP contribution in [0.25, 0.3) is 0 Å². The number of hydrogen-bond donors (Lipinski definition) is 2. The molecule has 0 radical (unpaired) electrons. The van der Waals surface area contributed by atoms with E-state index in [0.717, 1.165) is 44.4 Å². The molecule has 5 nitrogen and oxygen atoms in total. The number of hydrogen-bond acceptors (Lipinski definition) is 3. The minimum atomic E-state index is 0.702. The van der Waals surface area contributed by atoms with E-state index in [1.165, 1.54) is 18.4 Å². The number of aromatic nitrogens is 1. The van der Waals surface area contributed by atoms with Crippen molar-refractivity contribution in [2.45, 2.75) is 39.7 Å². The maximum Gasteiger partial charge on any atom is 0.191 e. The van der Waals surface area contributed by atoms with Gasteiger partial charge in [-0.2, -0.15) is 0 Å². The Labute approximate surface area is 134 Å². The smallest absolute Gasteiger partial charge is 0.191 e. The van der Waals surface area contributed by atoms with Crippen molar-refractivity contribution in [3.63, 3.8) is 0 Å². The first-order valence-corrected chi connectivity index (χ1v) is 8.33. The van der Waals surface area contributed by atoms with Gasteiger partial charge in [-0.05, 0) is 36.8 Å². The number of aliphatic imine (C=N–C) groups is 1. The molecule has 0 spiro atoms. The van der Waals surface area contributed by atoms with Crippen molar-refractivity contribution in [3.05, 3.63) is 23.9 Å². The van der Waals surface area contributed by atoms with Crippen LogP contribution in [0.15, 0.2) is 23.3 Å². The van der Waals surface area contributed by atoms with Gasteiger partial charge in [0.15, 0.2) is 5.96 Å². The molecule has 2 heterocycles. The van der Waals surface area contributed by atoms with Crippen LogP contribution >= 0.6 is 0 Å². The molecule has 0 saturated carbocycles. The fraction of sp³-hybridized carbons (Fsp3) is 0.647. The molecule has 0 aromatic carbocycles. The van der Waals surface area contributed by atoms with Gasteiger partial charge >= 0.3 is 0 Å². The molecule has 2 rings (SSSR count). The van der Waals surface area contributed by atoms with Gasteiger partial charge in [0.1, 0.15) is 5.82 Å². The average Bonchev–Trinajstić information content (AvgIpc) is 3.05. The molecule has 2 N–H and O–H groups in total. The summed E-state index contributed by atoms with van der Waals surface area (Å²) >= 11 is 0. The van der Waals surface area contributed by atoms with Gasteiger partial charge in [-0.25, -0.2) is 4.98 Å². The third kappa shape index (κ3) is 5.20. The maximum absolute atomic E-state index is 4.58. The highest BCUT2D eigenvalue weighted by Crippen LogP contribution is 2.17. The van der Waals surface area contributed by atoms with E-state index in [9.17, 15) is 0 Å². The van der Waals surface area contributed by atoms with Crippen LogP contribution < -0.4 is 15.5 Å². The first-order chi connectivity index (χ1) is 10.7. The van der Waals surface area contributed by atoms with E-state index >= 15 is 0 Å². The highest BCUT2D eigenvalue weighted by molar-refractivity contribution is 5.79. The molecule has 0 bridgehead atoms. The van der Waals surface area contributed by atoms with Crippen LogP contribution in [0.5, 0.6) is 0 Å². The first-order valence-electron chi connectivity index (χ1n) is 8.33. The lowest BCUT2D eigenvalue weighted by atomic mass is 10.1. The number of pyridine rings is 1. The molecule has 1 aromatic heterocycles. The largest absolute Gasteiger partial charge is 0.357 e. The highest BCUT2D eigenvalue weighted by Gasteiger charge is 2.12.